The van der Waals surface area contributed by atoms with Crippen LogP contribution < -0.4 is 10.2 Å². The van der Waals surface area contributed by atoms with Gasteiger partial charge in [0.2, 0.25) is 5.95 Å². The third-order valence-electron chi connectivity index (χ3n) is 5.32. The van der Waals surface area contributed by atoms with Crippen LogP contribution in [0.3, 0.4) is 0 Å². The second-order valence-electron chi connectivity index (χ2n) is 8.02. The van der Waals surface area contributed by atoms with Crippen LogP contribution in [0.5, 0.6) is 0 Å². The van der Waals surface area contributed by atoms with E-state index in [2.05, 4.69) is 20.3 Å². The summed E-state index contributed by atoms with van der Waals surface area (Å²) in [6, 6.07) is 9.26. The molecule has 29 heavy (non-hydrogen) atoms. The van der Waals surface area contributed by atoms with Crippen molar-refractivity contribution in [1.29, 1.82) is 0 Å². The molecule has 0 saturated carbocycles. The van der Waals surface area contributed by atoms with E-state index in [1.54, 1.807) is 0 Å². The van der Waals surface area contributed by atoms with Gasteiger partial charge in [-0.15, -0.1) is 5.10 Å². The Kier molecular flexibility index (Phi) is 4.74. The molecule has 0 bridgehead atoms. The topological polar surface area (TPSA) is 66.2 Å². The molecule has 4 rings (SSSR count). The van der Waals surface area contributed by atoms with E-state index in [4.69, 9.17) is 0 Å². The van der Waals surface area contributed by atoms with E-state index < -0.39 is 17.2 Å². The Morgan fingerprint density at radius 1 is 1.07 bits per heavy atom. The van der Waals surface area contributed by atoms with Crippen LogP contribution in [0.25, 0.3) is 5.69 Å². The molecule has 1 fully saturated rings. The Bertz CT molecular complexity index is 1020. The summed E-state index contributed by atoms with van der Waals surface area (Å²) < 4.78 is 28.2. The molecule has 0 unspecified atom stereocenters. The molecule has 1 aliphatic heterocycles. The van der Waals surface area contributed by atoms with Crippen molar-refractivity contribution in [1.82, 2.24) is 14.8 Å². The molecule has 3 aromatic rings. The van der Waals surface area contributed by atoms with Gasteiger partial charge in [-0.1, -0.05) is 6.07 Å². The van der Waals surface area contributed by atoms with Gasteiger partial charge in [-0.25, -0.2) is 13.5 Å². The van der Waals surface area contributed by atoms with Gasteiger partial charge in [0.15, 0.2) is 0 Å². The van der Waals surface area contributed by atoms with E-state index >= 15 is 0 Å². The lowest BCUT2D eigenvalue weighted by Crippen LogP contribution is -2.55. The Hall–Kier alpha value is -3.00. The molecule has 6 nitrogen and oxygen atoms in total. The van der Waals surface area contributed by atoms with E-state index in [9.17, 15) is 13.9 Å². The zero-order chi connectivity index (χ0) is 20.8. The van der Waals surface area contributed by atoms with E-state index in [-0.39, 0.29) is 11.6 Å². The van der Waals surface area contributed by atoms with Crippen LogP contribution in [-0.2, 0) is 0 Å². The Labute approximate surface area is 167 Å². The number of benzene rings is 2. The van der Waals surface area contributed by atoms with Crippen LogP contribution in [0.2, 0.25) is 0 Å². The van der Waals surface area contributed by atoms with Crippen molar-refractivity contribution in [2.75, 3.05) is 23.3 Å². The van der Waals surface area contributed by atoms with Crippen molar-refractivity contribution in [3.8, 4) is 5.69 Å². The highest BCUT2D eigenvalue weighted by Gasteiger charge is 2.37. The molecule has 8 heteroatoms. The maximum Gasteiger partial charge on any atom is 0.246 e. The minimum atomic E-state index is -0.685. The molecular weight excluding hydrogens is 376 g/mol. The molecule has 0 amide bonds. The first-order chi connectivity index (χ1) is 13.7. The molecular formula is C21H23F2N5O. The summed E-state index contributed by atoms with van der Waals surface area (Å²) in [6.45, 7) is 7.24. The molecule has 0 spiro atoms. The van der Waals surface area contributed by atoms with Gasteiger partial charge in [-0.05, 0) is 50.6 Å². The number of rotatable bonds is 5. The Morgan fingerprint density at radius 3 is 2.41 bits per heavy atom. The summed E-state index contributed by atoms with van der Waals surface area (Å²) in [5.41, 5.74) is 2.48. The summed E-state index contributed by atoms with van der Waals surface area (Å²) in [6.07, 6.45) is 1.40. The van der Waals surface area contributed by atoms with Crippen molar-refractivity contribution in [2.45, 2.75) is 26.4 Å². The molecule has 0 aliphatic carbocycles. The van der Waals surface area contributed by atoms with E-state index in [0.29, 0.717) is 5.95 Å². The minimum Gasteiger partial charge on any atom is -0.390 e. The maximum atomic E-state index is 13.4. The SMILES string of the molecule is Cc1ccc(N2CC(C(C)(C)O)C2)cc1Nc1ncn(-c2cc(F)cc(F)c2)n1. The third kappa shape index (κ3) is 4.07. The van der Waals surface area contributed by atoms with Gasteiger partial charge >= 0.3 is 0 Å². The quantitative estimate of drug-likeness (QED) is 0.683. The highest BCUT2D eigenvalue weighted by Crippen LogP contribution is 2.33. The van der Waals surface area contributed by atoms with E-state index in [0.717, 1.165) is 36.1 Å². The first-order valence-electron chi connectivity index (χ1n) is 9.42. The third-order valence-corrected chi connectivity index (χ3v) is 5.32. The Balaban J connectivity index is 1.51. The summed E-state index contributed by atoms with van der Waals surface area (Å²) in [4.78, 5) is 6.39. The van der Waals surface area contributed by atoms with Gasteiger partial charge in [0.25, 0.3) is 0 Å². The predicted octanol–water partition coefficient (Wildman–Crippen LogP) is 3.80. The molecule has 1 aromatic heterocycles. The number of hydrogen-bond donors (Lipinski definition) is 2. The van der Waals surface area contributed by atoms with Gasteiger partial charge < -0.3 is 15.3 Å². The fraction of sp³-hybridized carbons (Fsp3) is 0.333. The largest absolute Gasteiger partial charge is 0.390 e. The van der Waals surface area contributed by atoms with Crippen LogP contribution >= 0.6 is 0 Å². The Morgan fingerprint density at radius 2 is 1.76 bits per heavy atom. The summed E-state index contributed by atoms with van der Waals surface area (Å²) >= 11 is 0. The number of anilines is 3. The van der Waals surface area contributed by atoms with Gasteiger partial charge in [-0.2, -0.15) is 4.98 Å². The van der Waals surface area contributed by atoms with Crippen LogP contribution in [0.4, 0.5) is 26.1 Å². The average Bonchev–Trinajstić information content (AvgIpc) is 3.03. The van der Waals surface area contributed by atoms with Crippen molar-refractivity contribution in [3.05, 3.63) is 59.9 Å². The smallest absolute Gasteiger partial charge is 0.246 e. The molecule has 2 aromatic carbocycles. The fourth-order valence-corrected chi connectivity index (χ4v) is 3.31. The zero-order valence-electron chi connectivity index (χ0n) is 16.5. The monoisotopic (exact) mass is 399 g/mol. The second kappa shape index (κ2) is 7.11. The lowest BCUT2D eigenvalue weighted by Gasteiger charge is -2.46. The van der Waals surface area contributed by atoms with Crippen molar-refractivity contribution >= 4 is 17.3 Å². The number of hydrogen-bond acceptors (Lipinski definition) is 5. The number of aryl methyl sites for hydroxylation is 1. The number of nitrogens with one attached hydrogen (secondary N) is 1. The normalized spacial score (nSPS) is 14.8. The van der Waals surface area contributed by atoms with Gasteiger partial charge in [-0.3, -0.25) is 0 Å². The number of aromatic nitrogens is 3. The van der Waals surface area contributed by atoms with Gasteiger partial charge in [0.1, 0.15) is 18.0 Å². The van der Waals surface area contributed by atoms with Crippen LogP contribution in [-0.4, -0.2) is 38.6 Å². The van der Waals surface area contributed by atoms with Gasteiger partial charge in [0.05, 0.1) is 11.3 Å². The van der Waals surface area contributed by atoms with Crippen molar-refractivity contribution < 1.29 is 13.9 Å². The fourth-order valence-electron chi connectivity index (χ4n) is 3.31. The van der Waals surface area contributed by atoms with Crippen LogP contribution in [0, 0.1) is 24.5 Å². The first-order valence-corrected chi connectivity index (χ1v) is 9.42. The van der Waals surface area contributed by atoms with E-state index in [1.807, 2.05) is 39.0 Å². The number of aliphatic hydroxyl groups is 1. The molecule has 152 valence electrons. The average molecular weight is 399 g/mol. The van der Waals surface area contributed by atoms with E-state index in [1.165, 1.54) is 23.1 Å². The van der Waals surface area contributed by atoms with Crippen molar-refractivity contribution in [2.24, 2.45) is 5.92 Å². The summed E-state index contributed by atoms with van der Waals surface area (Å²) in [7, 11) is 0. The number of halogens is 2. The van der Waals surface area contributed by atoms with Gasteiger partial charge in [0, 0.05) is 36.4 Å². The molecule has 2 N–H and O–H groups in total. The highest BCUT2D eigenvalue weighted by atomic mass is 19.1. The predicted molar refractivity (Wildman–Crippen MR) is 108 cm³/mol. The molecule has 1 saturated heterocycles. The second-order valence-corrected chi connectivity index (χ2v) is 8.02. The lowest BCUT2D eigenvalue weighted by molar-refractivity contribution is 0.00460. The molecule has 0 radical (unpaired) electrons. The number of nitrogens with zero attached hydrogens (tertiary/aromatic N) is 4. The molecule has 1 aliphatic rings. The van der Waals surface area contributed by atoms with Crippen LogP contribution in [0.1, 0.15) is 19.4 Å². The minimum absolute atomic E-state index is 0.240. The first kappa shape index (κ1) is 19.3. The molecule has 2 heterocycles. The lowest BCUT2D eigenvalue weighted by atomic mass is 9.84. The van der Waals surface area contributed by atoms with Crippen LogP contribution in [0.15, 0.2) is 42.7 Å². The zero-order valence-corrected chi connectivity index (χ0v) is 16.5. The summed E-state index contributed by atoms with van der Waals surface area (Å²) in [5, 5.41) is 17.6. The maximum absolute atomic E-state index is 13.4. The van der Waals surface area contributed by atoms with Crippen molar-refractivity contribution in [3.63, 3.8) is 0 Å². The molecule has 0 atom stereocenters. The standard InChI is InChI=1S/C21H23F2N5O/c1-13-4-5-17(27-10-14(11-27)21(2,3)29)9-19(13)25-20-24-12-28(26-20)18-7-15(22)6-16(23)8-18/h4-9,12,14,29H,10-11H2,1-3H3,(H,25,26). The summed E-state index contributed by atoms with van der Waals surface area (Å²) in [5.74, 6) is -0.780. The highest BCUT2D eigenvalue weighted by molar-refractivity contribution is 5.66.